The van der Waals surface area contributed by atoms with E-state index < -0.39 is 0 Å². The van der Waals surface area contributed by atoms with Crippen LogP contribution >= 0.6 is 0 Å². The van der Waals surface area contributed by atoms with Crippen molar-refractivity contribution in [2.45, 2.75) is 18.9 Å². The van der Waals surface area contributed by atoms with Gasteiger partial charge in [-0.3, -0.25) is 0 Å². The lowest BCUT2D eigenvalue weighted by atomic mass is 10.0. The van der Waals surface area contributed by atoms with Crippen molar-refractivity contribution in [1.29, 1.82) is 0 Å². The topological polar surface area (TPSA) is 35.5 Å². The first-order valence-electron chi connectivity index (χ1n) is 6.41. The molecule has 3 heteroatoms. The molecule has 0 spiro atoms. The molecule has 1 atom stereocenters. The molecule has 1 aliphatic heterocycles. The van der Waals surface area contributed by atoms with Crippen LogP contribution in [0.25, 0.3) is 0 Å². The molecule has 94 valence electrons. The summed E-state index contributed by atoms with van der Waals surface area (Å²) in [6, 6.07) is 8.68. The molecule has 1 aromatic rings. The third kappa shape index (κ3) is 3.53. The summed E-state index contributed by atoms with van der Waals surface area (Å²) in [7, 11) is 1.88. The SMILES string of the molecule is CNC[C@@H](O)CN1CCc2ccccc2CC1. The van der Waals surface area contributed by atoms with Crippen molar-refractivity contribution in [2.75, 3.05) is 33.2 Å². The molecule has 17 heavy (non-hydrogen) atoms. The zero-order valence-electron chi connectivity index (χ0n) is 10.5. The fourth-order valence-electron chi connectivity index (χ4n) is 2.50. The summed E-state index contributed by atoms with van der Waals surface area (Å²) >= 11 is 0. The molecular weight excluding hydrogens is 212 g/mol. The molecule has 0 radical (unpaired) electrons. The molecule has 0 bridgehead atoms. The minimum atomic E-state index is -0.263. The van der Waals surface area contributed by atoms with E-state index in [1.807, 2.05) is 7.05 Å². The number of hydrogen-bond acceptors (Lipinski definition) is 3. The highest BCUT2D eigenvalue weighted by Crippen LogP contribution is 2.15. The average Bonchev–Trinajstić information content (AvgIpc) is 2.53. The number of rotatable bonds is 4. The van der Waals surface area contributed by atoms with Gasteiger partial charge in [-0.05, 0) is 31.0 Å². The Morgan fingerprint density at radius 2 is 1.82 bits per heavy atom. The first-order valence-corrected chi connectivity index (χ1v) is 6.41. The number of aliphatic hydroxyl groups is 1. The Labute approximate surface area is 103 Å². The largest absolute Gasteiger partial charge is 0.390 e. The minimum Gasteiger partial charge on any atom is -0.390 e. The van der Waals surface area contributed by atoms with Crippen molar-refractivity contribution in [3.05, 3.63) is 35.4 Å². The molecule has 0 saturated carbocycles. The molecule has 1 aliphatic rings. The zero-order valence-corrected chi connectivity index (χ0v) is 10.5. The number of fused-ring (bicyclic) bond motifs is 1. The van der Waals surface area contributed by atoms with Crippen LogP contribution in [0.5, 0.6) is 0 Å². The van der Waals surface area contributed by atoms with E-state index in [1.54, 1.807) is 0 Å². The number of aliphatic hydroxyl groups excluding tert-OH is 1. The van der Waals surface area contributed by atoms with Crippen LogP contribution in [0.15, 0.2) is 24.3 Å². The second-order valence-electron chi connectivity index (χ2n) is 4.78. The molecule has 1 aromatic carbocycles. The van der Waals surface area contributed by atoms with Gasteiger partial charge in [0.25, 0.3) is 0 Å². The van der Waals surface area contributed by atoms with Gasteiger partial charge >= 0.3 is 0 Å². The number of hydrogen-bond donors (Lipinski definition) is 2. The third-order valence-corrected chi connectivity index (χ3v) is 3.42. The summed E-state index contributed by atoms with van der Waals surface area (Å²) in [5.41, 5.74) is 2.94. The van der Waals surface area contributed by atoms with Gasteiger partial charge < -0.3 is 15.3 Å². The quantitative estimate of drug-likeness (QED) is 0.804. The van der Waals surface area contributed by atoms with Crippen LogP contribution < -0.4 is 5.32 Å². The molecule has 0 aliphatic carbocycles. The first-order chi connectivity index (χ1) is 8.29. The van der Waals surface area contributed by atoms with Crippen molar-refractivity contribution < 1.29 is 5.11 Å². The standard InChI is InChI=1S/C14H22N2O/c1-15-10-14(17)11-16-8-6-12-4-2-3-5-13(12)7-9-16/h2-5,14-15,17H,6-11H2,1H3/t14-/m1/s1. The van der Waals surface area contributed by atoms with E-state index in [0.717, 1.165) is 32.5 Å². The smallest absolute Gasteiger partial charge is 0.0791 e. The van der Waals surface area contributed by atoms with Gasteiger partial charge in [-0.2, -0.15) is 0 Å². The maximum absolute atomic E-state index is 9.81. The summed E-state index contributed by atoms with van der Waals surface area (Å²) < 4.78 is 0. The molecule has 0 unspecified atom stereocenters. The Morgan fingerprint density at radius 1 is 1.24 bits per heavy atom. The van der Waals surface area contributed by atoms with Gasteiger partial charge in [0.05, 0.1) is 6.10 Å². The summed E-state index contributed by atoms with van der Waals surface area (Å²) in [6.45, 7) is 3.55. The van der Waals surface area contributed by atoms with E-state index in [1.165, 1.54) is 11.1 Å². The van der Waals surface area contributed by atoms with Crippen molar-refractivity contribution in [1.82, 2.24) is 10.2 Å². The Bertz CT molecular complexity index is 327. The fourth-order valence-corrected chi connectivity index (χ4v) is 2.50. The number of nitrogens with one attached hydrogen (secondary N) is 1. The van der Waals surface area contributed by atoms with Crippen molar-refractivity contribution in [3.8, 4) is 0 Å². The van der Waals surface area contributed by atoms with E-state index in [0.29, 0.717) is 6.54 Å². The van der Waals surface area contributed by atoms with Crippen LogP contribution in [0.2, 0.25) is 0 Å². The number of β-amino-alcohol motifs (C(OH)–C–C–N with tert-alkyl or cyclic N) is 1. The second-order valence-corrected chi connectivity index (χ2v) is 4.78. The van der Waals surface area contributed by atoms with Gasteiger partial charge in [-0.15, -0.1) is 0 Å². The maximum Gasteiger partial charge on any atom is 0.0791 e. The molecule has 2 rings (SSSR count). The summed E-state index contributed by atoms with van der Waals surface area (Å²) in [5.74, 6) is 0. The van der Waals surface area contributed by atoms with E-state index in [2.05, 4.69) is 34.5 Å². The number of nitrogens with zero attached hydrogens (tertiary/aromatic N) is 1. The highest BCUT2D eigenvalue weighted by molar-refractivity contribution is 5.28. The van der Waals surface area contributed by atoms with Crippen molar-refractivity contribution >= 4 is 0 Å². The molecule has 0 aromatic heterocycles. The first kappa shape index (κ1) is 12.6. The Kier molecular flexibility index (Phi) is 4.54. The zero-order chi connectivity index (χ0) is 12.1. The van der Waals surface area contributed by atoms with Crippen LogP contribution in [0.1, 0.15) is 11.1 Å². The molecule has 1 heterocycles. The average molecular weight is 234 g/mol. The summed E-state index contributed by atoms with van der Waals surface area (Å²) in [6.07, 6.45) is 1.94. The predicted octanol–water partition coefficient (Wildman–Crippen LogP) is 0.667. The van der Waals surface area contributed by atoms with E-state index >= 15 is 0 Å². The van der Waals surface area contributed by atoms with Gasteiger partial charge in [-0.1, -0.05) is 24.3 Å². The Hall–Kier alpha value is -0.900. The van der Waals surface area contributed by atoms with Crippen LogP contribution in [-0.2, 0) is 12.8 Å². The Morgan fingerprint density at radius 3 is 2.35 bits per heavy atom. The van der Waals surface area contributed by atoms with Crippen molar-refractivity contribution in [2.24, 2.45) is 0 Å². The lowest BCUT2D eigenvalue weighted by Gasteiger charge is -2.22. The molecular formula is C14H22N2O. The Balaban J connectivity index is 1.90. The van der Waals surface area contributed by atoms with Gasteiger partial charge in [-0.25, -0.2) is 0 Å². The monoisotopic (exact) mass is 234 g/mol. The summed E-state index contributed by atoms with van der Waals surface area (Å²) in [5, 5.41) is 12.8. The van der Waals surface area contributed by atoms with E-state index in [9.17, 15) is 5.11 Å². The van der Waals surface area contributed by atoms with Gasteiger partial charge in [0.15, 0.2) is 0 Å². The molecule has 0 saturated heterocycles. The van der Waals surface area contributed by atoms with E-state index in [-0.39, 0.29) is 6.10 Å². The number of likely N-dealkylation sites (N-methyl/N-ethyl adjacent to an activating group) is 1. The van der Waals surface area contributed by atoms with Crippen molar-refractivity contribution in [3.63, 3.8) is 0 Å². The summed E-state index contributed by atoms with van der Waals surface area (Å²) in [4.78, 5) is 2.36. The molecule has 0 fully saturated rings. The van der Waals surface area contributed by atoms with Gasteiger partial charge in [0, 0.05) is 26.2 Å². The second kappa shape index (κ2) is 6.15. The lowest BCUT2D eigenvalue weighted by Crippen LogP contribution is -2.38. The van der Waals surface area contributed by atoms with Crippen LogP contribution in [0.4, 0.5) is 0 Å². The highest BCUT2D eigenvalue weighted by atomic mass is 16.3. The lowest BCUT2D eigenvalue weighted by molar-refractivity contribution is 0.115. The fraction of sp³-hybridized carbons (Fsp3) is 0.571. The third-order valence-electron chi connectivity index (χ3n) is 3.42. The van der Waals surface area contributed by atoms with Crippen LogP contribution in [-0.4, -0.2) is 49.3 Å². The van der Waals surface area contributed by atoms with E-state index in [4.69, 9.17) is 0 Å². The predicted molar refractivity (Wildman–Crippen MR) is 70.2 cm³/mol. The van der Waals surface area contributed by atoms with Crippen LogP contribution in [0, 0.1) is 0 Å². The molecule has 2 N–H and O–H groups in total. The van der Waals surface area contributed by atoms with Gasteiger partial charge in [0.1, 0.15) is 0 Å². The van der Waals surface area contributed by atoms with Crippen LogP contribution in [0.3, 0.4) is 0 Å². The molecule has 0 amide bonds. The number of benzene rings is 1. The normalized spacial score (nSPS) is 18.5. The highest BCUT2D eigenvalue weighted by Gasteiger charge is 2.15. The maximum atomic E-state index is 9.81. The molecule has 3 nitrogen and oxygen atoms in total. The van der Waals surface area contributed by atoms with Gasteiger partial charge in [0.2, 0.25) is 0 Å². The minimum absolute atomic E-state index is 0.263.